The van der Waals surface area contributed by atoms with Gasteiger partial charge in [0.05, 0.1) is 11.9 Å². The van der Waals surface area contributed by atoms with Crippen molar-refractivity contribution in [3.05, 3.63) is 56.4 Å². The third-order valence-corrected chi connectivity index (χ3v) is 5.75. The molecule has 1 fully saturated rings. The summed E-state index contributed by atoms with van der Waals surface area (Å²) in [6.45, 7) is 1.95. The van der Waals surface area contributed by atoms with Gasteiger partial charge < -0.3 is 10.2 Å². The number of aryl methyl sites for hydroxylation is 1. The molecule has 1 aromatic heterocycles. The Balaban J connectivity index is 1.76. The van der Waals surface area contributed by atoms with Crippen molar-refractivity contribution in [1.82, 2.24) is 14.7 Å². The Morgan fingerprint density at radius 1 is 1.28 bits per heavy atom. The summed E-state index contributed by atoms with van der Waals surface area (Å²) in [5.74, 6) is 0.984. The van der Waals surface area contributed by atoms with Gasteiger partial charge in [-0.25, -0.2) is 4.68 Å². The Morgan fingerprint density at radius 2 is 2.00 bits per heavy atom. The minimum absolute atomic E-state index is 0.137. The molecular weight excluding hydrogens is 404 g/mol. The first-order chi connectivity index (χ1) is 12.0. The highest BCUT2D eigenvalue weighted by molar-refractivity contribution is 9.10. The average molecular weight is 426 g/mol. The van der Waals surface area contributed by atoms with Gasteiger partial charge in [0.1, 0.15) is 4.47 Å². The molecule has 25 heavy (non-hydrogen) atoms. The molecule has 5 nitrogen and oxygen atoms in total. The summed E-state index contributed by atoms with van der Waals surface area (Å²) in [5, 5.41) is 7.59. The molecule has 2 aromatic rings. The van der Waals surface area contributed by atoms with E-state index >= 15 is 0 Å². The summed E-state index contributed by atoms with van der Waals surface area (Å²) in [7, 11) is 3.77. The first-order valence-electron chi connectivity index (χ1n) is 8.29. The van der Waals surface area contributed by atoms with Crippen molar-refractivity contribution in [2.75, 3.05) is 25.5 Å². The monoisotopic (exact) mass is 424 g/mol. The maximum atomic E-state index is 12.0. The Labute approximate surface area is 161 Å². The van der Waals surface area contributed by atoms with Crippen molar-refractivity contribution >= 4 is 33.2 Å². The molecule has 2 heterocycles. The van der Waals surface area contributed by atoms with E-state index in [4.69, 9.17) is 11.6 Å². The van der Waals surface area contributed by atoms with Crippen LogP contribution in [-0.2, 0) is 12.9 Å². The number of rotatable bonds is 4. The van der Waals surface area contributed by atoms with Crippen molar-refractivity contribution < 1.29 is 0 Å². The van der Waals surface area contributed by atoms with Gasteiger partial charge in [-0.3, -0.25) is 4.79 Å². The molecular formula is C18H22BrClN4O. The number of piperidine rings is 1. The Hall–Kier alpha value is -1.37. The van der Waals surface area contributed by atoms with Crippen LogP contribution < -0.4 is 10.9 Å². The quantitative estimate of drug-likeness (QED) is 0.765. The second-order valence-electron chi connectivity index (χ2n) is 6.67. The lowest BCUT2D eigenvalue weighted by Crippen LogP contribution is -2.43. The van der Waals surface area contributed by atoms with Gasteiger partial charge in [0, 0.05) is 32.1 Å². The van der Waals surface area contributed by atoms with Crippen LogP contribution in [0.2, 0.25) is 0 Å². The zero-order chi connectivity index (χ0) is 18.0. The summed E-state index contributed by atoms with van der Waals surface area (Å²) < 4.78 is 1.85. The Kier molecular flexibility index (Phi) is 5.81. The lowest BCUT2D eigenvalue weighted by atomic mass is 9.88. The van der Waals surface area contributed by atoms with Crippen LogP contribution in [0, 0.1) is 0 Å². The molecule has 2 atom stereocenters. The molecule has 134 valence electrons. The predicted octanol–water partition coefficient (Wildman–Crippen LogP) is 3.18. The molecule has 0 saturated carbocycles. The number of likely N-dealkylation sites (tertiary alicyclic amines) is 1. The number of hydrogen-bond donors (Lipinski definition) is 1. The van der Waals surface area contributed by atoms with E-state index in [1.54, 1.807) is 13.2 Å². The standard InChI is InChI=1S/C18H22BrClN4O/c1-23-10-14(13-5-3-12(8-20)4-6-13)7-15(11-23)22-16-9-21-24(2)18(25)17(16)19/h3-6,9,14-15,22H,7-8,10-11H2,1-2H3/t14-,15-/m0/s1. The number of nitrogens with one attached hydrogen (secondary N) is 1. The third-order valence-electron chi connectivity index (χ3n) is 4.68. The molecule has 1 aliphatic rings. The average Bonchev–Trinajstić information content (AvgIpc) is 2.62. The van der Waals surface area contributed by atoms with E-state index in [2.05, 4.69) is 62.6 Å². The van der Waals surface area contributed by atoms with E-state index in [-0.39, 0.29) is 11.6 Å². The number of halogens is 2. The summed E-state index contributed by atoms with van der Waals surface area (Å²) in [4.78, 5) is 14.4. The molecule has 1 aromatic carbocycles. The second-order valence-corrected chi connectivity index (χ2v) is 7.73. The minimum Gasteiger partial charge on any atom is -0.379 e. The maximum Gasteiger partial charge on any atom is 0.282 e. The topological polar surface area (TPSA) is 50.2 Å². The largest absolute Gasteiger partial charge is 0.379 e. The first kappa shape index (κ1) is 18.4. The molecule has 7 heteroatoms. The van der Waals surface area contributed by atoms with E-state index in [1.807, 2.05) is 0 Å². The fourth-order valence-corrected chi connectivity index (χ4v) is 4.03. The van der Waals surface area contributed by atoms with Gasteiger partial charge in [-0.2, -0.15) is 5.10 Å². The van der Waals surface area contributed by atoms with Gasteiger partial charge in [0.2, 0.25) is 0 Å². The van der Waals surface area contributed by atoms with Gasteiger partial charge in [0.15, 0.2) is 0 Å². The van der Waals surface area contributed by atoms with E-state index < -0.39 is 0 Å². The third kappa shape index (κ3) is 4.25. The van der Waals surface area contributed by atoms with Crippen LogP contribution in [-0.4, -0.2) is 40.9 Å². The van der Waals surface area contributed by atoms with Crippen LogP contribution in [0.5, 0.6) is 0 Å². The zero-order valence-electron chi connectivity index (χ0n) is 14.4. The smallest absolute Gasteiger partial charge is 0.282 e. The van der Waals surface area contributed by atoms with E-state index in [1.165, 1.54) is 10.2 Å². The molecule has 0 spiro atoms. The van der Waals surface area contributed by atoms with E-state index in [0.717, 1.165) is 30.8 Å². The number of anilines is 1. The first-order valence-corrected chi connectivity index (χ1v) is 9.62. The number of nitrogens with zero attached hydrogens (tertiary/aromatic N) is 3. The maximum absolute atomic E-state index is 12.0. The van der Waals surface area contributed by atoms with Gasteiger partial charge in [-0.15, -0.1) is 11.6 Å². The summed E-state index contributed by atoms with van der Waals surface area (Å²) in [6, 6.07) is 8.80. The Morgan fingerprint density at radius 3 is 2.68 bits per heavy atom. The Bertz CT molecular complexity index is 793. The second kappa shape index (κ2) is 7.89. The molecule has 0 bridgehead atoms. The van der Waals surface area contributed by atoms with Crippen molar-refractivity contribution in [3.63, 3.8) is 0 Å². The van der Waals surface area contributed by atoms with Crippen LogP contribution in [0.15, 0.2) is 39.7 Å². The number of likely N-dealkylation sites (N-methyl/N-ethyl adjacent to an activating group) is 1. The van der Waals surface area contributed by atoms with Crippen LogP contribution in [0.25, 0.3) is 0 Å². The van der Waals surface area contributed by atoms with Crippen molar-refractivity contribution in [2.45, 2.75) is 24.3 Å². The molecule has 1 N–H and O–H groups in total. The lowest BCUT2D eigenvalue weighted by Gasteiger charge is -2.37. The molecule has 0 unspecified atom stereocenters. The molecule has 0 aliphatic carbocycles. The number of alkyl halides is 1. The molecule has 0 amide bonds. The highest BCUT2D eigenvalue weighted by Gasteiger charge is 2.27. The van der Waals surface area contributed by atoms with Crippen LogP contribution in [0.3, 0.4) is 0 Å². The van der Waals surface area contributed by atoms with E-state index in [9.17, 15) is 4.79 Å². The van der Waals surface area contributed by atoms with Crippen LogP contribution in [0.4, 0.5) is 5.69 Å². The molecule has 3 rings (SSSR count). The predicted molar refractivity (Wildman–Crippen MR) is 105 cm³/mol. The molecule has 1 aliphatic heterocycles. The molecule has 1 saturated heterocycles. The van der Waals surface area contributed by atoms with E-state index in [0.29, 0.717) is 16.3 Å². The van der Waals surface area contributed by atoms with Gasteiger partial charge in [0.25, 0.3) is 5.56 Å². The molecule has 0 radical (unpaired) electrons. The summed E-state index contributed by atoms with van der Waals surface area (Å²) in [5.41, 5.74) is 3.08. The highest BCUT2D eigenvalue weighted by atomic mass is 79.9. The zero-order valence-corrected chi connectivity index (χ0v) is 16.7. The summed E-state index contributed by atoms with van der Waals surface area (Å²) in [6.07, 6.45) is 2.70. The fourth-order valence-electron chi connectivity index (χ4n) is 3.38. The van der Waals surface area contributed by atoms with Crippen molar-refractivity contribution in [1.29, 1.82) is 0 Å². The number of aromatic nitrogens is 2. The van der Waals surface area contributed by atoms with Crippen LogP contribution in [0.1, 0.15) is 23.5 Å². The SMILES string of the molecule is CN1C[C@@H](Nc2cnn(C)c(=O)c2Br)C[C@H](c2ccc(CCl)cc2)C1. The highest BCUT2D eigenvalue weighted by Crippen LogP contribution is 2.29. The van der Waals surface area contributed by atoms with Gasteiger partial charge in [-0.05, 0) is 46.4 Å². The fraction of sp³-hybridized carbons (Fsp3) is 0.444. The van der Waals surface area contributed by atoms with Gasteiger partial charge in [-0.1, -0.05) is 24.3 Å². The van der Waals surface area contributed by atoms with Crippen molar-refractivity contribution in [3.8, 4) is 0 Å². The number of benzene rings is 1. The van der Waals surface area contributed by atoms with Gasteiger partial charge >= 0.3 is 0 Å². The minimum atomic E-state index is -0.137. The number of hydrogen-bond acceptors (Lipinski definition) is 4. The van der Waals surface area contributed by atoms with Crippen LogP contribution >= 0.6 is 27.5 Å². The summed E-state index contributed by atoms with van der Waals surface area (Å²) >= 11 is 9.27. The normalized spacial score (nSPS) is 21.3. The van der Waals surface area contributed by atoms with Crippen molar-refractivity contribution in [2.24, 2.45) is 7.05 Å². The lowest BCUT2D eigenvalue weighted by molar-refractivity contribution is 0.235.